The number of nitro benzene ring substituents is 1. The van der Waals surface area contributed by atoms with Crippen molar-refractivity contribution in [3.63, 3.8) is 0 Å². The first-order chi connectivity index (χ1) is 9.27. The van der Waals surface area contributed by atoms with E-state index in [-0.39, 0.29) is 22.0 Å². The molecule has 1 rings (SSSR count). The summed E-state index contributed by atoms with van der Waals surface area (Å²) in [6.07, 6.45) is 0.171. The van der Waals surface area contributed by atoms with Gasteiger partial charge in [-0.25, -0.2) is 4.79 Å². The topological polar surface area (TPSA) is 110 Å². The number of halogens is 2. The Balaban J connectivity index is 3.11. The molecule has 1 aromatic carbocycles. The maximum absolute atomic E-state index is 11.9. The lowest BCUT2D eigenvalue weighted by Crippen LogP contribution is -2.40. The Hall–Kier alpha value is -1.86. The lowest BCUT2D eigenvalue weighted by Gasteiger charge is -2.12. The number of nitro groups is 1. The molecule has 2 N–H and O–H groups in total. The molecule has 0 aliphatic heterocycles. The van der Waals surface area contributed by atoms with Crippen LogP contribution in [-0.4, -0.2) is 27.9 Å². The molecule has 7 nitrogen and oxygen atoms in total. The summed E-state index contributed by atoms with van der Waals surface area (Å²) in [4.78, 5) is 32.7. The van der Waals surface area contributed by atoms with Crippen molar-refractivity contribution in [3.8, 4) is 0 Å². The predicted octanol–water partition coefficient (Wildman–Crippen LogP) is 2.49. The molecule has 0 fully saturated rings. The average Bonchev–Trinajstić information content (AvgIpc) is 2.37. The number of amides is 1. The third-order valence-electron chi connectivity index (χ3n) is 2.48. The Morgan fingerprint density at radius 3 is 2.50 bits per heavy atom. The zero-order valence-electron chi connectivity index (χ0n) is 10.2. The third kappa shape index (κ3) is 3.58. The van der Waals surface area contributed by atoms with Crippen LogP contribution >= 0.6 is 23.2 Å². The Labute approximate surface area is 123 Å². The molecule has 0 saturated heterocycles. The highest BCUT2D eigenvalue weighted by atomic mass is 35.5. The summed E-state index contributed by atoms with van der Waals surface area (Å²) in [6.45, 7) is 1.58. The molecule has 0 unspecified atom stereocenters. The van der Waals surface area contributed by atoms with Gasteiger partial charge in [0.05, 0.1) is 9.95 Å². The highest BCUT2D eigenvalue weighted by Gasteiger charge is 2.23. The average molecular weight is 321 g/mol. The third-order valence-corrected chi connectivity index (χ3v) is 3.27. The van der Waals surface area contributed by atoms with Crippen LogP contribution in [0.25, 0.3) is 0 Å². The van der Waals surface area contributed by atoms with Crippen LogP contribution in [0.1, 0.15) is 23.7 Å². The van der Waals surface area contributed by atoms with Crippen LogP contribution in [0.15, 0.2) is 12.1 Å². The minimum Gasteiger partial charge on any atom is -0.480 e. The number of benzene rings is 1. The van der Waals surface area contributed by atoms with Crippen molar-refractivity contribution in [2.75, 3.05) is 0 Å². The van der Waals surface area contributed by atoms with Gasteiger partial charge in [-0.1, -0.05) is 30.1 Å². The van der Waals surface area contributed by atoms with E-state index < -0.39 is 28.5 Å². The fraction of sp³-hybridized carbons (Fsp3) is 0.273. The second kappa shape index (κ2) is 6.53. The number of carbonyl (C=O) groups excluding carboxylic acids is 1. The Bertz CT molecular complexity index is 576. The normalized spacial score (nSPS) is 11.8. The number of nitrogens with one attached hydrogen (secondary N) is 1. The van der Waals surface area contributed by atoms with E-state index >= 15 is 0 Å². The van der Waals surface area contributed by atoms with Gasteiger partial charge in [0, 0.05) is 11.6 Å². The van der Waals surface area contributed by atoms with Crippen LogP contribution in [0.4, 0.5) is 5.69 Å². The van der Waals surface area contributed by atoms with Crippen molar-refractivity contribution in [1.29, 1.82) is 0 Å². The number of rotatable bonds is 5. The summed E-state index contributed by atoms with van der Waals surface area (Å²) in [7, 11) is 0. The monoisotopic (exact) mass is 320 g/mol. The Morgan fingerprint density at radius 2 is 2.05 bits per heavy atom. The van der Waals surface area contributed by atoms with E-state index in [0.29, 0.717) is 0 Å². The summed E-state index contributed by atoms with van der Waals surface area (Å²) in [6, 6.07) is 0.995. The van der Waals surface area contributed by atoms with Gasteiger partial charge in [-0.3, -0.25) is 14.9 Å². The van der Waals surface area contributed by atoms with Crippen LogP contribution < -0.4 is 5.32 Å². The van der Waals surface area contributed by atoms with Gasteiger partial charge in [-0.05, 0) is 12.5 Å². The van der Waals surface area contributed by atoms with Crippen molar-refractivity contribution in [3.05, 3.63) is 37.9 Å². The van der Waals surface area contributed by atoms with Crippen LogP contribution in [-0.2, 0) is 4.79 Å². The fourth-order valence-corrected chi connectivity index (χ4v) is 1.81. The maximum atomic E-state index is 11.9. The van der Waals surface area contributed by atoms with E-state index in [1.165, 1.54) is 0 Å². The highest BCUT2D eigenvalue weighted by molar-refractivity contribution is 6.43. The number of hydrogen-bond donors (Lipinski definition) is 2. The summed E-state index contributed by atoms with van der Waals surface area (Å²) < 4.78 is 0. The molecule has 0 aromatic heterocycles. The second-order valence-corrected chi connectivity index (χ2v) is 4.61. The highest BCUT2D eigenvalue weighted by Crippen LogP contribution is 2.33. The fourth-order valence-electron chi connectivity index (χ4n) is 1.42. The van der Waals surface area contributed by atoms with E-state index in [2.05, 4.69) is 5.32 Å². The quantitative estimate of drug-likeness (QED) is 0.639. The Morgan fingerprint density at radius 1 is 1.45 bits per heavy atom. The molecule has 108 valence electrons. The zero-order chi connectivity index (χ0) is 15.4. The molecule has 0 aliphatic carbocycles. The molecule has 1 amide bonds. The van der Waals surface area contributed by atoms with E-state index in [4.69, 9.17) is 28.3 Å². The molecule has 1 atom stereocenters. The van der Waals surface area contributed by atoms with Crippen molar-refractivity contribution in [2.45, 2.75) is 19.4 Å². The molecule has 0 saturated carbocycles. The molecule has 0 bridgehead atoms. The van der Waals surface area contributed by atoms with E-state index in [0.717, 1.165) is 12.1 Å². The number of nitrogens with zero attached hydrogens (tertiary/aromatic N) is 1. The van der Waals surface area contributed by atoms with Gasteiger partial charge in [-0.15, -0.1) is 0 Å². The number of carboxylic acid groups (broad SMARTS) is 1. The molecule has 0 aliphatic rings. The molecule has 20 heavy (non-hydrogen) atoms. The molecular formula is C11H10Cl2N2O5. The molecule has 0 spiro atoms. The zero-order valence-corrected chi connectivity index (χ0v) is 11.7. The van der Waals surface area contributed by atoms with E-state index in [1.807, 2.05) is 0 Å². The van der Waals surface area contributed by atoms with Gasteiger partial charge in [0.25, 0.3) is 11.6 Å². The number of carbonyl (C=O) groups is 2. The largest absolute Gasteiger partial charge is 0.480 e. The van der Waals surface area contributed by atoms with E-state index in [1.54, 1.807) is 6.92 Å². The lowest BCUT2D eigenvalue weighted by molar-refractivity contribution is -0.384. The predicted molar refractivity (Wildman–Crippen MR) is 72.3 cm³/mol. The molecule has 9 heteroatoms. The van der Waals surface area contributed by atoms with Gasteiger partial charge in [0.2, 0.25) is 0 Å². The van der Waals surface area contributed by atoms with Crippen molar-refractivity contribution in [1.82, 2.24) is 5.32 Å². The van der Waals surface area contributed by atoms with Crippen LogP contribution in [0.5, 0.6) is 0 Å². The molecule has 0 heterocycles. The van der Waals surface area contributed by atoms with Gasteiger partial charge in [0.15, 0.2) is 0 Å². The minimum absolute atomic E-state index is 0.134. The summed E-state index contributed by atoms with van der Waals surface area (Å²) >= 11 is 11.4. The number of aliphatic carboxylic acids is 1. The number of hydrogen-bond acceptors (Lipinski definition) is 4. The number of carboxylic acids is 1. The summed E-state index contributed by atoms with van der Waals surface area (Å²) in [5, 5.41) is 21.4. The SMILES string of the molecule is CC[C@H](NC(=O)c1cc(Cl)c(Cl)c([N+](=O)[O-])c1)C(=O)O. The first-order valence-electron chi connectivity index (χ1n) is 5.45. The first-order valence-corrected chi connectivity index (χ1v) is 6.20. The van der Waals surface area contributed by atoms with Crippen molar-refractivity contribution < 1.29 is 19.6 Å². The molecule has 1 aromatic rings. The van der Waals surface area contributed by atoms with Gasteiger partial charge in [0.1, 0.15) is 11.1 Å². The van der Waals surface area contributed by atoms with Crippen LogP contribution in [0, 0.1) is 10.1 Å². The maximum Gasteiger partial charge on any atom is 0.326 e. The minimum atomic E-state index is -1.20. The first kappa shape index (κ1) is 16.2. The Kier molecular flexibility index (Phi) is 5.29. The standard InChI is InChI=1S/C11H10Cl2N2O5/c1-2-7(11(17)18)14-10(16)5-3-6(12)9(13)8(4-5)15(19)20/h3-4,7H,2H2,1H3,(H,14,16)(H,17,18)/t7-/m0/s1. The van der Waals surface area contributed by atoms with Gasteiger partial charge >= 0.3 is 5.97 Å². The summed E-state index contributed by atoms with van der Waals surface area (Å²) in [5.74, 6) is -1.98. The second-order valence-electron chi connectivity index (χ2n) is 3.82. The van der Waals surface area contributed by atoms with Gasteiger partial charge in [-0.2, -0.15) is 0 Å². The van der Waals surface area contributed by atoms with Crippen LogP contribution in [0.3, 0.4) is 0 Å². The lowest BCUT2D eigenvalue weighted by atomic mass is 10.1. The van der Waals surface area contributed by atoms with Crippen LogP contribution in [0.2, 0.25) is 10.0 Å². The molecule has 0 radical (unpaired) electrons. The smallest absolute Gasteiger partial charge is 0.326 e. The van der Waals surface area contributed by atoms with E-state index in [9.17, 15) is 19.7 Å². The van der Waals surface area contributed by atoms with Crippen molar-refractivity contribution >= 4 is 40.8 Å². The van der Waals surface area contributed by atoms with Gasteiger partial charge < -0.3 is 10.4 Å². The molecular weight excluding hydrogens is 311 g/mol. The van der Waals surface area contributed by atoms with Crippen molar-refractivity contribution in [2.24, 2.45) is 0 Å². The summed E-state index contributed by atoms with van der Waals surface area (Å²) in [5.41, 5.74) is -0.654.